The molecule has 0 unspecified atom stereocenters. The quantitative estimate of drug-likeness (QED) is 0.511. The maximum absolute atomic E-state index is 12.9. The number of benzene rings is 2. The van der Waals surface area contributed by atoms with E-state index in [0.29, 0.717) is 16.1 Å². The number of carbonyl (C=O) groups is 1. The van der Waals surface area contributed by atoms with Crippen molar-refractivity contribution in [2.75, 3.05) is 0 Å². The molecule has 0 aliphatic rings. The van der Waals surface area contributed by atoms with E-state index in [4.69, 9.17) is 16.0 Å². The minimum atomic E-state index is -1.12. The molecule has 0 radical (unpaired) electrons. The Morgan fingerprint density at radius 3 is 2.44 bits per heavy atom. The first-order valence-electron chi connectivity index (χ1n) is 6.99. The van der Waals surface area contributed by atoms with Crippen molar-refractivity contribution in [3.8, 4) is 11.5 Å². The molecule has 126 valence electrons. The van der Waals surface area contributed by atoms with Gasteiger partial charge in [0.05, 0.1) is 0 Å². The van der Waals surface area contributed by atoms with Gasteiger partial charge in [0.1, 0.15) is 10.7 Å². The third-order valence-electron chi connectivity index (χ3n) is 3.07. The molecule has 0 amide bonds. The average Bonchev–Trinajstić information content (AvgIpc) is 3.05. The smallest absolute Gasteiger partial charge is 0.342 e. The van der Waals surface area contributed by atoms with Crippen molar-refractivity contribution in [3.63, 3.8) is 0 Å². The van der Waals surface area contributed by atoms with E-state index in [1.54, 1.807) is 24.3 Å². The Kier molecular flexibility index (Phi) is 5.16. The minimum absolute atomic E-state index is 0.0108. The van der Waals surface area contributed by atoms with Gasteiger partial charge >= 0.3 is 5.97 Å². The van der Waals surface area contributed by atoms with Gasteiger partial charge < -0.3 is 9.52 Å². The molecule has 0 aliphatic carbocycles. The minimum Gasteiger partial charge on any atom is -0.477 e. The molecule has 2 aromatic carbocycles. The fourth-order valence-corrected chi connectivity index (χ4v) is 2.70. The monoisotopic (exact) mass is 376 g/mol. The summed E-state index contributed by atoms with van der Waals surface area (Å²) in [6.45, 7) is 0. The predicted molar refractivity (Wildman–Crippen MR) is 92.6 cm³/mol. The molecule has 5 nitrogen and oxygen atoms in total. The highest BCUT2D eigenvalue weighted by Crippen LogP contribution is 2.30. The number of aromatic nitrogens is 2. The van der Waals surface area contributed by atoms with Crippen LogP contribution in [0.15, 0.2) is 63.1 Å². The van der Waals surface area contributed by atoms with Gasteiger partial charge in [-0.15, -0.1) is 10.2 Å². The number of carboxylic acids is 1. The van der Waals surface area contributed by atoms with E-state index in [0.717, 1.165) is 11.8 Å². The Labute approximate surface area is 151 Å². The normalized spacial score (nSPS) is 11.5. The lowest BCUT2D eigenvalue weighted by Crippen LogP contribution is -1.96. The first-order chi connectivity index (χ1) is 12.0. The number of hydrogen-bond donors (Lipinski definition) is 1. The van der Waals surface area contributed by atoms with Crippen LogP contribution < -0.4 is 0 Å². The van der Waals surface area contributed by atoms with Gasteiger partial charge in [-0.05, 0) is 59.8 Å². The summed E-state index contributed by atoms with van der Waals surface area (Å²) in [6.07, 6.45) is 1.48. The third kappa shape index (κ3) is 4.46. The number of aliphatic carboxylic acids is 1. The summed E-state index contributed by atoms with van der Waals surface area (Å²) >= 11 is 6.64. The number of nitrogens with zero attached hydrogens (tertiary/aromatic N) is 2. The molecular formula is C17H10ClFN2O3S. The molecule has 25 heavy (non-hydrogen) atoms. The Bertz CT molecular complexity index is 924. The first-order valence-corrected chi connectivity index (χ1v) is 8.18. The number of hydrogen-bond acceptors (Lipinski definition) is 5. The zero-order valence-electron chi connectivity index (χ0n) is 12.5. The van der Waals surface area contributed by atoms with Gasteiger partial charge in [-0.25, -0.2) is 9.18 Å². The van der Waals surface area contributed by atoms with Crippen molar-refractivity contribution in [1.29, 1.82) is 0 Å². The molecule has 3 aromatic rings. The number of carboxylic acid groups (broad SMARTS) is 1. The molecule has 1 heterocycles. The summed E-state index contributed by atoms with van der Waals surface area (Å²) < 4.78 is 18.4. The summed E-state index contributed by atoms with van der Waals surface area (Å²) in [5, 5.41) is 17.7. The molecule has 1 N–H and O–H groups in total. The number of thioether (sulfide) groups is 1. The molecule has 0 saturated heterocycles. The summed E-state index contributed by atoms with van der Waals surface area (Å²) in [5.41, 5.74) is 1.21. The zero-order chi connectivity index (χ0) is 17.8. The lowest BCUT2D eigenvalue weighted by molar-refractivity contribution is -0.131. The highest BCUT2D eigenvalue weighted by molar-refractivity contribution is 8.03. The lowest BCUT2D eigenvalue weighted by Gasteiger charge is -1.99. The fraction of sp³-hybridized carbons (Fsp3) is 0. The SMILES string of the molecule is O=C(O)/C(=C\c1ccc(Cl)cc1)Sc1nnc(-c2ccc(F)cc2)o1. The van der Waals surface area contributed by atoms with Gasteiger partial charge in [-0.2, -0.15) is 0 Å². The second-order valence-electron chi connectivity index (χ2n) is 4.85. The Morgan fingerprint density at radius 2 is 1.80 bits per heavy atom. The van der Waals surface area contributed by atoms with Crippen LogP contribution in [0, 0.1) is 5.82 Å². The van der Waals surface area contributed by atoms with E-state index in [2.05, 4.69) is 10.2 Å². The van der Waals surface area contributed by atoms with E-state index in [9.17, 15) is 14.3 Å². The van der Waals surface area contributed by atoms with Crippen LogP contribution in [-0.2, 0) is 4.79 Å². The molecule has 0 atom stereocenters. The van der Waals surface area contributed by atoms with Crippen LogP contribution in [-0.4, -0.2) is 21.3 Å². The van der Waals surface area contributed by atoms with Gasteiger partial charge in [-0.1, -0.05) is 23.7 Å². The van der Waals surface area contributed by atoms with Crippen LogP contribution >= 0.6 is 23.4 Å². The van der Waals surface area contributed by atoms with E-state index in [-0.39, 0.29) is 21.8 Å². The predicted octanol–water partition coefficient (Wildman–Crippen LogP) is 4.75. The summed E-state index contributed by atoms with van der Waals surface area (Å²) in [4.78, 5) is 11.5. The van der Waals surface area contributed by atoms with Crippen LogP contribution in [0.5, 0.6) is 0 Å². The summed E-state index contributed by atoms with van der Waals surface area (Å²) in [5.74, 6) is -1.32. The van der Waals surface area contributed by atoms with E-state index >= 15 is 0 Å². The van der Waals surface area contributed by atoms with Crippen LogP contribution in [0.1, 0.15) is 5.56 Å². The van der Waals surface area contributed by atoms with Crippen molar-refractivity contribution in [2.24, 2.45) is 0 Å². The van der Waals surface area contributed by atoms with Gasteiger partial charge in [0, 0.05) is 10.6 Å². The highest BCUT2D eigenvalue weighted by atomic mass is 35.5. The van der Waals surface area contributed by atoms with E-state index in [1.165, 1.54) is 30.3 Å². The molecule has 0 spiro atoms. The van der Waals surface area contributed by atoms with Gasteiger partial charge in [0.25, 0.3) is 5.22 Å². The van der Waals surface area contributed by atoms with Crippen LogP contribution in [0.2, 0.25) is 5.02 Å². The Hall–Kier alpha value is -2.64. The maximum atomic E-state index is 12.9. The van der Waals surface area contributed by atoms with Crippen molar-refractivity contribution in [2.45, 2.75) is 5.22 Å². The first kappa shape index (κ1) is 17.2. The van der Waals surface area contributed by atoms with Crippen molar-refractivity contribution < 1.29 is 18.7 Å². The topological polar surface area (TPSA) is 76.2 Å². The summed E-state index contributed by atoms with van der Waals surface area (Å²) in [7, 11) is 0. The number of halogens is 2. The van der Waals surface area contributed by atoms with Crippen molar-refractivity contribution >= 4 is 35.4 Å². The van der Waals surface area contributed by atoms with Gasteiger partial charge in [0.15, 0.2) is 0 Å². The Balaban J connectivity index is 1.82. The molecule has 3 rings (SSSR count). The van der Waals surface area contributed by atoms with Crippen LogP contribution in [0.3, 0.4) is 0 Å². The summed E-state index contributed by atoms with van der Waals surface area (Å²) in [6, 6.07) is 12.3. The van der Waals surface area contributed by atoms with E-state index < -0.39 is 5.97 Å². The molecule has 8 heteroatoms. The number of rotatable bonds is 5. The van der Waals surface area contributed by atoms with Crippen LogP contribution in [0.4, 0.5) is 4.39 Å². The molecule has 0 saturated carbocycles. The second-order valence-corrected chi connectivity index (χ2v) is 6.28. The highest BCUT2D eigenvalue weighted by Gasteiger charge is 2.16. The zero-order valence-corrected chi connectivity index (χ0v) is 14.1. The van der Waals surface area contributed by atoms with E-state index in [1.807, 2.05) is 0 Å². The molecule has 0 aliphatic heterocycles. The van der Waals surface area contributed by atoms with Crippen LogP contribution in [0.25, 0.3) is 17.5 Å². The largest absolute Gasteiger partial charge is 0.477 e. The molecule has 0 bridgehead atoms. The van der Waals surface area contributed by atoms with Gasteiger partial charge in [-0.3, -0.25) is 0 Å². The molecule has 1 aromatic heterocycles. The average molecular weight is 377 g/mol. The van der Waals surface area contributed by atoms with Crippen molar-refractivity contribution in [1.82, 2.24) is 10.2 Å². The van der Waals surface area contributed by atoms with Crippen molar-refractivity contribution in [3.05, 3.63) is 69.8 Å². The second kappa shape index (κ2) is 7.50. The fourth-order valence-electron chi connectivity index (χ4n) is 1.90. The molecule has 0 fully saturated rings. The third-order valence-corrected chi connectivity index (χ3v) is 4.18. The van der Waals surface area contributed by atoms with Gasteiger partial charge in [0.2, 0.25) is 5.89 Å². The molecular weight excluding hydrogens is 367 g/mol. The Morgan fingerprint density at radius 1 is 1.12 bits per heavy atom. The maximum Gasteiger partial charge on any atom is 0.342 e. The lowest BCUT2D eigenvalue weighted by atomic mass is 10.2. The standard InChI is InChI=1S/C17H10ClFN2O3S/c18-12-5-1-10(2-6-12)9-14(16(22)23)25-17-21-20-15(24-17)11-3-7-13(19)8-4-11/h1-9H,(H,22,23)/b14-9+.